The molecule has 0 bridgehead atoms. The highest BCUT2D eigenvalue weighted by molar-refractivity contribution is 7.89. The summed E-state index contributed by atoms with van der Waals surface area (Å²) in [5.41, 5.74) is -0.991. The van der Waals surface area contributed by atoms with Crippen molar-refractivity contribution in [2.24, 2.45) is 5.41 Å². The molecule has 0 aromatic carbocycles. The minimum absolute atomic E-state index is 0.00863. The Bertz CT molecular complexity index is 722. The van der Waals surface area contributed by atoms with E-state index >= 15 is 0 Å². The second kappa shape index (κ2) is 6.86. The Morgan fingerprint density at radius 1 is 1.46 bits per heavy atom. The molecule has 24 heavy (non-hydrogen) atoms. The van der Waals surface area contributed by atoms with Crippen molar-refractivity contribution in [2.75, 3.05) is 26.7 Å². The van der Waals surface area contributed by atoms with E-state index in [4.69, 9.17) is 0 Å². The van der Waals surface area contributed by atoms with Gasteiger partial charge in [0.15, 0.2) is 0 Å². The number of carbonyl (C=O) groups is 2. The average molecular weight is 355 g/mol. The van der Waals surface area contributed by atoms with Gasteiger partial charge in [-0.05, 0) is 31.9 Å². The van der Waals surface area contributed by atoms with Gasteiger partial charge in [0.25, 0.3) is 0 Å². The number of rotatable bonds is 5. The molecule has 1 unspecified atom stereocenters. The number of nitrogens with zero attached hydrogens (tertiary/aromatic N) is 3. The summed E-state index contributed by atoms with van der Waals surface area (Å²) >= 11 is 0. The van der Waals surface area contributed by atoms with Crippen LogP contribution in [0.25, 0.3) is 0 Å². The molecule has 1 atom stereocenters. The fraction of sp³-hybridized carbons (Fsp3) is 0.533. The summed E-state index contributed by atoms with van der Waals surface area (Å²) in [7, 11) is -2.49. The van der Waals surface area contributed by atoms with Crippen LogP contribution in [0.2, 0.25) is 0 Å². The van der Waals surface area contributed by atoms with Gasteiger partial charge in [0.2, 0.25) is 15.9 Å². The summed E-state index contributed by atoms with van der Waals surface area (Å²) in [6, 6.07) is 2.91. The van der Waals surface area contributed by atoms with Crippen molar-refractivity contribution in [3.05, 3.63) is 24.5 Å². The van der Waals surface area contributed by atoms with Crippen molar-refractivity contribution in [1.82, 2.24) is 14.2 Å². The van der Waals surface area contributed by atoms with E-state index in [-0.39, 0.29) is 18.0 Å². The molecule has 1 N–H and O–H groups in total. The van der Waals surface area contributed by atoms with Crippen molar-refractivity contribution in [1.29, 1.82) is 0 Å². The van der Waals surface area contributed by atoms with Crippen LogP contribution in [0.5, 0.6) is 0 Å². The number of hydrogen-bond donors (Lipinski definition) is 1. The topological polar surface area (TPSA) is 108 Å². The Labute approximate surface area is 141 Å². The smallest absolute Gasteiger partial charge is 0.311 e. The van der Waals surface area contributed by atoms with Gasteiger partial charge in [0, 0.05) is 32.5 Å². The lowest BCUT2D eigenvalue weighted by atomic mass is 9.82. The normalized spacial score (nSPS) is 21.7. The number of hydrogen-bond acceptors (Lipinski definition) is 5. The molecule has 1 amide bonds. The Balaban J connectivity index is 2.08. The number of aliphatic carboxylic acids is 1. The number of pyridine rings is 1. The van der Waals surface area contributed by atoms with E-state index in [0.717, 1.165) is 4.31 Å². The summed E-state index contributed by atoms with van der Waals surface area (Å²) in [5, 5.41) is 9.31. The molecule has 2 rings (SSSR count). The summed E-state index contributed by atoms with van der Waals surface area (Å²) in [5.74, 6) is -1.35. The molecule has 132 valence electrons. The maximum Gasteiger partial charge on any atom is 0.311 e. The molecule has 0 spiro atoms. The van der Waals surface area contributed by atoms with Crippen molar-refractivity contribution in [3.8, 4) is 0 Å². The van der Waals surface area contributed by atoms with E-state index in [0.29, 0.717) is 19.4 Å². The van der Waals surface area contributed by atoms with Crippen LogP contribution in [0.15, 0.2) is 29.4 Å². The number of likely N-dealkylation sites (tertiary alicyclic amines) is 1. The third kappa shape index (κ3) is 3.73. The number of piperidine rings is 1. The largest absolute Gasteiger partial charge is 0.481 e. The van der Waals surface area contributed by atoms with Gasteiger partial charge >= 0.3 is 5.97 Å². The quantitative estimate of drug-likeness (QED) is 0.820. The molecular weight excluding hydrogens is 334 g/mol. The van der Waals surface area contributed by atoms with Crippen LogP contribution in [0.4, 0.5) is 0 Å². The second-order valence-electron chi connectivity index (χ2n) is 6.23. The predicted octanol–water partition coefficient (Wildman–Crippen LogP) is 0.415. The van der Waals surface area contributed by atoms with Crippen LogP contribution in [-0.2, 0) is 19.6 Å². The molecule has 9 heteroatoms. The zero-order valence-corrected chi connectivity index (χ0v) is 14.5. The van der Waals surface area contributed by atoms with Gasteiger partial charge in [-0.25, -0.2) is 8.42 Å². The molecule has 1 aromatic rings. The molecule has 8 nitrogen and oxygen atoms in total. The standard InChI is InChI=1S/C15H21N3O5S/c1-15(14(20)21)6-4-8-18(11-15)13(19)10-17(2)24(22,23)12-5-3-7-16-9-12/h3,5,7,9H,4,6,8,10-11H2,1-2H3,(H,20,21). The van der Waals surface area contributed by atoms with Crippen molar-refractivity contribution in [3.63, 3.8) is 0 Å². The van der Waals surface area contributed by atoms with Crippen molar-refractivity contribution in [2.45, 2.75) is 24.7 Å². The van der Waals surface area contributed by atoms with Crippen LogP contribution < -0.4 is 0 Å². The van der Waals surface area contributed by atoms with E-state index < -0.39 is 27.3 Å². The number of carboxylic acid groups (broad SMARTS) is 1. The van der Waals surface area contributed by atoms with Crippen LogP contribution in [-0.4, -0.2) is 66.3 Å². The fourth-order valence-electron chi connectivity index (χ4n) is 2.68. The number of carboxylic acids is 1. The molecule has 0 saturated carbocycles. The maximum absolute atomic E-state index is 12.4. The van der Waals surface area contributed by atoms with Gasteiger partial charge < -0.3 is 10.0 Å². The third-order valence-electron chi connectivity index (χ3n) is 4.27. The highest BCUT2D eigenvalue weighted by atomic mass is 32.2. The Kier molecular flexibility index (Phi) is 5.24. The van der Waals surface area contributed by atoms with Gasteiger partial charge in [-0.1, -0.05) is 0 Å². The first kappa shape index (κ1) is 18.3. The van der Waals surface area contributed by atoms with E-state index in [1.807, 2.05) is 0 Å². The van der Waals surface area contributed by atoms with E-state index in [1.165, 1.54) is 36.5 Å². The summed E-state index contributed by atoms with van der Waals surface area (Å²) < 4.78 is 25.8. The van der Waals surface area contributed by atoms with Crippen LogP contribution in [0, 0.1) is 5.41 Å². The molecule has 0 aliphatic carbocycles. The molecule has 1 fully saturated rings. The molecule has 2 heterocycles. The first-order valence-corrected chi connectivity index (χ1v) is 8.98. The number of amides is 1. The molecule has 1 aromatic heterocycles. The lowest BCUT2D eigenvalue weighted by Crippen LogP contribution is -2.51. The molecule has 0 radical (unpaired) electrons. The molecular formula is C15H21N3O5S. The molecule has 1 saturated heterocycles. The summed E-state index contributed by atoms with van der Waals surface area (Å²) in [6.07, 6.45) is 3.76. The van der Waals surface area contributed by atoms with Gasteiger partial charge in [0.05, 0.1) is 12.0 Å². The first-order valence-electron chi connectivity index (χ1n) is 7.54. The number of aromatic nitrogens is 1. The Hall–Kier alpha value is -2.00. The minimum Gasteiger partial charge on any atom is -0.481 e. The average Bonchev–Trinajstić information content (AvgIpc) is 2.55. The molecule has 1 aliphatic rings. The Morgan fingerprint density at radius 2 is 2.17 bits per heavy atom. The van der Waals surface area contributed by atoms with Crippen LogP contribution in [0.3, 0.4) is 0 Å². The Morgan fingerprint density at radius 3 is 2.75 bits per heavy atom. The van der Waals surface area contributed by atoms with Gasteiger partial charge in [-0.2, -0.15) is 4.31 Å². The van der Waals surface area contributed by atoms with E-state index in [9.17, 15) is 23.1 Å². The highest BCUT2D eigenvalue weighted by Crippen LogP contribution is 2.29. The van der Waals surface area contributed by atoms with Crippen LogP contribution >= 0.6 is 0 Å². The zero-order chi connectivity index (χ0) is 18.0. The number of carbonyl (C=O) groups excluding carboxylic acids is 1. The van der Waals surface area contributed by atoms with Crippen molar-refractivity contribution >= 4 is 21.9 Å². The number of likely N-dealkylation sites (N-methyl/N-ethyl adjacent to an activating group) is 1. The SMILES string of the molecule is CN(CC(=O)N1CCCC(C)(C(=O)O)C1)S(=O)(=O)c1cccnc1. The fourth-order valence-corrected chi connectivity index (χ4v) is 3.77. The van der Waals surface area contributed by atoms with Crippen LogP contribution in [0.1, 0.15) is 19.8 Å². The molecule has 1 aliphatic heterocycles. The van der Waals surface area contributed by atoms with E-state index in [1.54, 1.807) is 6.92 Å². The van der Waals surface area contributed by atoms with Gasteiger partial charge in [0.1, 0.15) is 4.90 Å². The first-order chi connectivity index (χ1) is 11.2. The second-order valence-corrected chi connectivity index (χ2v) is 8.28. The summed E-state index contributed by atoms with van der Waals surface area (Å²) in [6.45, 7) is 1.78. The maximum atomic E-state index is 12.4. The van der Waals surface area contributed by atoms with Gasteiger partial charge in [-0.3, -0.25) is 14.6 Å². The lowest BCUT2D eigenvalue weighted by Gasteiger charge is -2.38. The van der Waals surface area contributed by atoms with E-state index in [2.05, 4.69) is 4.98 Å². The monoisotopic (exact) mass is 355 g/mol. The lowest BCUT2D eigenvalue weighted by molar-refractivity contribution is -0.153. The minimum atomic E-state index is -3.81. The number of sulfonamides is 1. The summed E-state index contributed by atoms with van der Waals surface area (Å²) in [4.78, 5) is 29.0. The highest BCUT2D eigenvalue weighted by Gasteiger charge is 2.39. The van der Waals surface area contributed by atoms with Gasteiger partial charge in [-0.15, -0.1) is 0 Å². The zero-order valence-electron chi connectivity index (χ0n) is 13.7. The predicted molar refractivity (Wildman–Crippen MR) is 85.6 cm³/mol. The van der Waals surface area contributed by atoms with Crippen molar-refractivity contribution < 1.29 is 23.1 Å². The third-order valence-corrected chi connectivity index (χ3v) is 6.05.